The molecule has 0 heterocycles. The van der Waals surface area contributed by atoms with Gasteiger partial charge < -0.3 is 15.4 Å². The van der Waals surface area contributed by atoms with Crippen LogP contribution in [0.4, 0.5) is 5.69 Å². The number of rotatable bonds is 4. The second kappa shape index (κ2) is 7.65. The lowest BCUT2D eigenvalue weighted by atomic mass is 10.2. The van der Waals surface area contributed by atoms with Gasteiger partial charge in [-0.15, -0.1) is 0 Å². The Hall–Kier alpha value is -2.53. The molecule has 2 rings (SSSR count). The molecule has 0 atom stereocenters. The zero-order valence-electron chi connectivity index (χ0n) is 12.9. The van der Waals surface area contributed by atoms with E-state index in [0.29, 0.717) is 16.5 Å². The highest BCUT2D eigenvalue weighted by atomic mass is 35.5. The predicted molar refractivity (Wildman–Crippen MR) is 89.7 cm³/mol. The molecule has 0 unspecified atom stereocenters. The van der Waals surface area contributed by atoms with Crippen LogP contribution in [0.25, 0.3) is 0 Å². The van der Waals surface area contributed by atoms with E-state index in [0.717, 1.165) is 11.1 Å². The largest absolute Gasteiger partial charge is 0.497 e. The summed E-state index contributed by atoms with van der Waals surface area (Å²) in [5, 5.41) is 5.59. The number of anilines is 1. The van der Waals surface area contributed by atoms with Gasteiger partial charge in [0, 0.05) is 17.3 Å². The molecule has 0 saturated carbocycles. The number of halogens is 1. The number of benzene rings is 2. The Balaban J connectivity index is 1.91. The quantitative estimate of drug-likeness (QED) is 0.846. The number of methoxy groups -OCH3 is 1. The fraction of sp³-hybridized carbons (Fsp3) is 0.176. The van der Waals surface area contributed by atoms with Gasteiger partial charge in [0.2, 0.25) is 0 Å². The van der Waals surface area contributed by atoms with Crippen LogP contribution in [-0.4, -0.2) is 18.9 Å². The molecule has 0 aliphatic rings. The summed E-state index contributed by atoms with van der Waals surface area (Å²) in [4.78, 5) is 23.7. The normalized spacial score (nSPS) is 10.0. The number of hydrogen-bond donors (Lipinski definition) is 2. The number of aryl methyl sites for hydroxylation is 1. The van der Waals surface area contributed by atoms with Crippen molar-refractivity contribution in [2.45, 2.75) is 13.5 Å². The summed E-state index contributed by atoms with van der Waals surface area (Å²) in [5.41, 5.74) is 2.21. The molecule has 0 radical (unpaired) electrons. The van der Waals surface area contributed by atoms with Gasteiger partial charge in [0.1, 0.15) is 5.75 Å². The Morgan fingerprint density at radius 3 is 2.61 bits per heavy atom. The molecule has 0 fully saturated rings. The molecule has 2 aromatic carbocycles. The molecule has 0 aliphatic carbocycles. The molecule has 0 aromatic heterocycles. The first-order chi connectivity index (χ1) is 11.0. The summed E-state index contributed by atoms with van der Waals surface area (Å²) in [6, 6.07) is 12.3. The molecule has 2 amide bonds. The van der Waals surface area contributed by atoms with E-state index >= 15 is 0 Å². The number of carbonyl (C=O) groups excluding carboxylic acids is 2. The van der Waals surface area contributed by atoms with Gasteiger partial charge in [-0.3, -0.25) is 9.59 Å². The highest BCUT2D eigenvalue weighted by Crippen LogP contribution is 2.19. The maximum absolute atomic E-state index is 11.9. The highest BCUT2D eigenvalue weighted by Gasteiger charge is 2.13. The third-order valence-electron chi connectivity index (χ3n) is 3.22. The standard InChI is InChI=1S/C17H17ClN2O3/c1-11-6-7-13(9-15(11)18)20-17(22)16(21)19-10-12-4-3-5-14(8-12)23-2/h3-9H,10H2,1-2H3,(H,19,21)(H,20,22). The van der Waals surface area contributed by atoms with Gasteiger partial charge in [0.15, 0.2) is 0 Å². The summed E-state index contributed by atoms with van der Waals surface area (Å²) >= 11 is 5.98. The SMILES string of the molecule is COc1cccc(CNC(=O)C(=O)Nc2ccc(C)c(Cl)c2)c1. The van der Waals surface area contributed by atoms with E-state index < -0.39 is 11.8 Å². The summed E-state index contributed by atoms with van der Waals surface area (Å²) < 4.78 is 5.10. The van der Waals surface area contributed by atoms with Crippen LogP contribution < -0.4 is 15.4 Å². The fourth-order valence-corrected chi connectivity index (χ4v) is 2.08. The summed E-state index contributed by atoms with van der Waals surface area (Å²) in [5.74, 6) is -0.771. The van der Waals surface area contributed by atoms with Crippen LogP contribution >= 0.6 is 11.6 Å². The van der Waals surface area contributed by atoms with Gasteiger partial charge >= 0.3 is 11.8 Å². The maximum atomic E-state index is 11.9. The van der Waals surface area contributed by atoms with Crippen molar-refractivity contribution in [2.24, 2.45) is 0 Å². The van der Waals surface area contributed by atoms with Crippen molar-refractivity contribution in [1.82, 2.24) is 5.32 Å². The van der Waals surface area contributed by atoms with Gasteiger partial charge in [-0.2, -0.15) is 0 Å². The van der Waals surface area contributed by atoms with E-state index in [2.05, 4.69) is 10.6 Å². The number of hydrogen-bond acceptors (Lipinski definition) is 3. The van der Waals surface area contributed by atoms with Crippen LogP contribution in [0, 0.1) is 6.92 Å². The first-order valence-electron chi connectivity index (χ1n) is 6.98. The molecule has 23 heavy (non-hydrogen) atoms. The van der Waals surface area contributed by atoms with Crippen molar-refractivity contribution in [3.8, 4) is 5.75 Å². The lowest BCUT2D eigenvalue weighted by molar-refractivity contribution is -0.136. The highest BCUT2D eigenvalue weighted by molar-refractivity contribution is 6.39. The second-order valence-corrected chi connectivity index (χ2v) is 5.36. The van der Waals surface area contributed by atoms with Crippen LogP contribution in [0.1, 0.15) is 11.1 Å². The van der Waals surface area contributed by atoms with Crippen molar-refractivity contribution in [3.63, 3.8) is 0 Å². The third-order valence-corrected chi connectivity index (χ3v) is 3.63. The van der Waals surface area contributed by atoms with E-state index in [1.165, 1.54) is 0 Å². The molecule has 0 saturated heterocycles. The van der Waals surface area contributed by atoms with Gasteiger partial charge in [-0.1, -0.05) is 29.8 Å². The summed E-state index contributed by atoms with van der Waals surface area (Å²) in [6.07, 6.45) is 0. The van der Waals surface area contributed by atoms with Gasteiger partial charge in [-0.25, -0.2) is 0 Å². The smallest absolute Gasteiger partial charge is 0.313 e. The van der Waals surface area contributed by atoms with E-state index in [4.69, 9.17) is 16.3 Å². The lowest BCUT2D eigenvalue weighted by Gasteiger charge is -2.08. The molecule has 5 nitrogen and oxygen atoms in total. The topological polar surface area (TPSA) is 67.4 Å². The minimum Gasteiger partial charge on any atom is -0.497 e. The molecular formula is C17H17ClN2O3. The zero-order valence-corrected chi connectivity index (χ0v) is 13.6. The number of amides is 2. The number of nitrogens with one attached hydrogen (secondary N) is 2. The Morgan fingerprint density at radius 2 is 1.91 bits per heavy atom. The van der Waals surface area contributed by atoms with Crippen molar-refractivity contribution < 1.29 is 14.3 Å². The molecular weight excluding hydrogens is 316 g/mol. The Bertz CT molecular complexity index is 732. The maximum Gasteiger partial charge on any atom is 0.313 e. The molecule has 2 N–H and O–H groups in total. The van der Waals surface area contributed by atoms with Crippen LogP contribution in [0.3, 0.4) is 0 Å². The monoisotopic (exact) mass is 332 g/mol. The average molecular weight is 333 g/mol. The molecule has 120 valence electrons. The number of carbonyl (C=O) groups is 2. The van der Waals surface area contributed by atoms with E-state index in [1.54, 1.807) is 37.4 Å². The fourth-order valence-electron chi connectivity index (χ4n) is 1.90. The minimum atomic E-state index is -0.743. The zero-order chi connectivity index (χ0) is 16.8. The molecule has 6 heteroatoms. The first-order valence-corrected chi connectivity index (χ1v) is 7.35. The summed E-state index contributed by atoms with van der Waals surface area (Å²) in [6.45, 7) is 2.09. The Morgan fingerprint density at radius 1 is 1.13 bits per heavy atom. The van der Waals surface area contributed by atoms with Crippen LogP contribution in [0.2, 0.25) is 5.02 Å². The molecule has 0 bridgehead atoms. The van der Waals surface area contributed by atoms with E-state index in [9.17, 15) is 9.59 Å². The average Bonchev–Trinajstić information content (AvgIpc) is 2.56. The van der Waals surface area contributed by atoms with E-state index in [-0.39, 0.29) is 6.54 Å². The van der Waals surface area contributed by atoms with Crippen LogP contribution in [0.15, 0.2) is 42.5 Å². The molecule has 0 aliphatic heterocycles. The third kappa shape index (κ3) is 4.72. The van der Waals surface area contributed by atoms with E-state index in [1.807, 2.05) is 19.1 Å². The van der Waals surface area contributed by atoms with Crippen molar-refractivity contribution >= 4 is 29.1 Å². The summed E-state index contributed by atoms with van der Waals surface area (Å²) in [7, 11) is 1.57. The molecule has 2 aromatic rings. The molecule has 0 spiro atoms. The first kappa shape index (κ1) is 16.8. The van der Waals surface area contributed by atoms with Crippen LogP contribution in [0.5, 0.6) is 5.75 Å². The van der Waals surface area contributed by atoms with Gasteiger partial charge in [-0.05, 0) is 42.3 Å². The lowest BCUT2D eigenvalue weighted by Crippen LogP contribution is -2.34. The van der Waals surface area contributed by atoms with Crippen molar-refractivity contribution in [1.29, 1.82) is 0 Å². The minimum absolute atomic E-state index is 0.234. The van der Waals surface area contributed by atoms with Crippen molar-refractivity contribution in [3.05, 3.63) is 58.6 Å². The van der Waals surface area contributed by atoms with Gasteiger partial charge in [0.25, 0.3) is 0 Å². The second-order valence-electron chi connectivity index (χ2n) is 4.95. The number of ether oxygens (including phenoxy) is 1. The van der Waals surface area contributed by atoms with Crippen LogP contribution in [-0.2, 0) is 16.1 Å². The Kier molecular flexibility index (Phi) is 5.60. The predicted octanol–water partition coefficient (Wildman–Crippen LogP) is 2.91. The Labute approximate surface area is 139 Å². The van der Waals surface area contributed by atoms with Gasteiger partial charge in [0.05, 0.1) is 7.11 Å². The van der Waals surface area contributed by atoms with Crippen molar-refractivity contribution in [2.75, 3.05) is 12.4 Å².